The minimum atomic E-state index is -0.803. The second-order valence-corrected chi connectivity index (χ2v) is 4.62. The molecule has 1 aromatic rings. The predicted octanol–water partition coefficient (Wildman–Crippen LogP) is 2.57. The molecule has 0 aromatic heterocycles. The van der Waals surface area contributed by atoms with Gasteiger partial charge in [0.15, 0.2) is 11.6 Å². The fraction of sp³-hybridized carbons (Fsp3) is 0.538. The van der Waals surface area contributed by atoms with Gasteiger partial charge in [-0.3, -0.25) is 0 Å². The first kappa shape index (κ1) is 14.1. The normalized spacial score (nSPS) is 15.0. The highest BCUT2D eigenvalue weighted by molar-refractivity contribution is 5.20. The number of benzene rings is 1. The highest BCUT2D eigenvalue weighted by atomic mass is 19.2. The summed E-state index contributed by atoms with van der Waals surface area (Å²) in [6, 6.07) is 4.41. The van der Waals surface area contributed by atoms with Crippen LogP contribution in [0.4, 0.5) is 8.78 Å². The molecule has 96 valence electrons. The van der Waals surface area contributed by atoms with Gasteiger partial charge in [-0.05, 0) is 45.6 Å². The third-order valence-corrected chi connectivity index (χ3v) is 3.04. The summed E-state index contributed by atoms with van der Waals surface area (Å²) < 4.78 is 25.8. The molecule has 0 heterocycles. The third-order valence-electron chi connectivity index (χ3n) is 3.04. The molecule has 1 N–H and O–H groups in total. The fourth-order valence-corrected chi connectivity index (χ4v) is 1.43. The van der Waals surface area contributed by atoms with Gasteiger partial charge in [0.2, 0.25) is 0 Å². The molecule has 0 aliphatic rings. The van der Waals surface area contributed by atoms with Gasteiger partial charge in [-0.1, -0.05) is 6.07 Å². The molecule has 0 amide bonds. The molecular weight excluding hydrogens is 222 g/mol. The zero-order valence-electron chi connectivity index (χ0n) is 10.8. The summed E-state index contributed by atoms with van der Waals surface area (Å²) in [4.78, 5) is 2.10. The molecule has 0 fully saturated rings. The van der Waals surface area contributed by atoms with E-state index in [1.165, 1.54) is 6.07 Å². The van der Waals surface area contributed by atoms with Crippen LogP contribution in [0.5, 0.6) is 0 Å². The Labute approximate surface area is 102 Å². The molecular formula is C13H20F2N2. The van der Waals surface area contributed by atoms with E-state index in [2.05, 4.69) is 17.1 Å². The van der Waals surface area contributed by atoms with Gasteiger partial charge in [0.05, 0.1) is 0 Å². The van der Waals surface area contributed by atoms with E-state index in [0.29, 0.717) is 6.04 Å². The van der Waals surface area contributed by atoms with E-state index in [1.807, 2.05) is 21.0 Å². The Kier molecular flexibility index (Phi) is 5.02. The molecule has 4 heteroatoms. The van der Waals surface area contributed by atoms with Crippen LogP contribution in [0.2, 0.25) is 0 Å². The Hall–Kier alpha value is -1.00. The Morgan fingerprint density at radius 2 is 1.82 bits per heavy atom. The van der Waals surface area contributed by atoms with Crippen molar-refractivity contribution in [3.05, 3.63) is 35.4 Å². The predicted molar refractivity (Wildman–Crippen MR) is 65.9 cm³/mol. The summed E-state index contributed by atoms with van der Waals surface area (Å²) in [5.74, 6) is -1.60. The van der Waals surface area contributed by atoms with Crippen LogP contribution in [0.3, 0.4) is 0 Å². The van der Waals surface area contributed by atoms with Gasteiger partial charge in [-0.2, -0.15) is 0 Å². The monoisotopic (exact) mass is 242 g/mol. The topological polar surface area (TPSA) is 15.3 Å². The van der Waals surface area contributed by atoms with Crippen LogP contribution in [0.1, 0.15) is 25.5 Å². The van der Waals surface area contributed by atoms with E-state index in [-0.39, 0.29) is 6.04 Å². The van der Waals surface area contributed by atoms with E-state index in [9.17, 15) is 8.78 Å². The van der Waals surface area contributed by atoms with Crippen LogP contribution >= 0.6 is 0 Å². The summed E-state index contributed by atoms with van der Waals surface area (Å²) in [6.07, 6.45) is 0. The third kappa shape index (κ3) is 4.06. The van der Waals surface area contributed by atoms with Gasteiger partial charge in [0, 0.05) is 18.6 Å². The molecule has 0 bridgehead atoms. The van der Waals surface area contributed by atoms with E-state index in [4.69, 9.17) is 0 Å². The molecule has 0 aliphatic heterocycles. The van der Waals surface area contributed by atoms with Gasteiger partial charge in [-0.25, -0.2) is 8.78 Å². The summed E-state index contributed by atoms with van der Waals surface area (Å²) >= 11 is 0. The summed E-state index contributed by atoms with van der Waals surface area (Å²) in [5.41, 5.74) is 0.759. The number of likely N-dealkylation sites (N-methyl/N-ethyl adjacent to an activating group) is 1. The van der Waals surface area contributed by atoms with Crippen LogP contribution in [0.15, 0.2) is 18.2 Å². The lowest BCUT2D eigenvalue weighted by atomic mass is 10.1. The molecule has 0 radical (unpaired) electrons. The van der Waals surface area contributed by atoms with Gasteiger partial charge in [0.1, 0.15) is 0 Å². The number of halogens is 2. The summed E-state index contributed by atoms with van der Waals surface area (Å²) in [7, 11) is 4.02. The van der Waals surface area contributed by atoms with E-state index in [0.717, 1.165) is 18.2 Å². The molecule has 0 saturated carbocycles. The second-order valence-electron chi connectivity index (χ2n) is 4.62. The fourth-order valence-electron chi connectivity index (χ4n) is 1.43. The highest BCUT2D eigenvalue weighted by Gasteiger charge is 2.11. The molecule has 1 aromatic carbocycles. The molecule has 2 nitrogen and oxygen atoms in total. The number of nitrogens with one attached hydrogen (secondary N) is 1. The van der Waals surface area contributed by atoms with E-state index >= 15 is 0 Å². The van der Waals surface area contributed by atoms with Crippen LogP contribution in [-0.4, -0.2) is 31.6 Å². The number of hydrogen-bond donors (Lipinski definition) is 1. The van der Waals surface area contributed by atoms with Crippen LogP contribution in [0, 0.1) is 11.6 Å². The molecule has 2 unspecified atom stereocenters. The first-order valence-corrected chi connectivity index (χ1v) is 5.76. The van der Waals surface area contributed by atoms with Gasteiger partial charge < -0.3 is 10.2 Å². The minimum absolute atomic E-state index is 0.00694. The van der Waals surface area contributed by atoms with Crippen molar-refractivity contribution in [1.29, 1.82) is 0 Å². The summed E-state index contributed by atoms with van der Waals surface area (Å²) in [5, 5.41) is 3.30. The Morgan fingerprint density at radius 1 is 1.18 bits per heavy atom. The molecule has 0 saturated heterocycles. The Morgan fingerprint density at radius 3 is 2.35 bits per heavy atom. The van der Waals surface area contributed by atoms with Gasteiger partial charge in [0.25, 0.3) is 0 Å². The van der Waals surface area contributed by atoms with Gasteiger partial charge >= 0.3 is 0 Å². The first-order valence-electron chi connectivity index (χ1n) is 5.76. The SMILES string of the molecule is CC(NCC(C)N(C)C)c1ccc(F)c(F)c1. The van der Waals surface area contributed by atoms with E-state index < -0.39 is 11.6 Å². The van der Waals surface area contributed by atoms with Gasteiger partial charge in [-0.15, -0.1) is 0 Å². The summed E-state index contributed by atoms with van der Waals surface area (Å²) in [6.45, 7) is 4.84. The van der Waals surface area contributed by atoms with Crippen LogP contribution in [0.25, 0.3) is 0 Å². The number of rotatable bonds is 5. The van der Waals surface area contributed by atoms with Crippen molar-refractivity contribution in [1.82, 2.24) is 10.2 Å². The zero-order valence-corrected chi connectivity index (χ0v) is 10.8. The maximum atomic E-state index is 13.1. The standard InChI is InChI=1S/C13H20F2N2/c1-9(17(3)4)8-16-10(2)11-5-6-12(14)13(15)7-11/h5-7,9-10,16H,8H2,1-4H3. The average molecular weight is 242 g/mol. The second kappa shape index (κ2) is 6.07. The van der Waals surface area contributed by atoms with Crippen molar-refractivity contribution in [2.45, 2.75) is 25.9 Å². The zero-order chi connectivity index (χ0) is 13.0. The maximum absolute atomic E-state index is 13.1. The lowest BCUT2D eigenvalue weighted by Crippen LogP contribution is -2.36. The Bertz CT molecular complexity index is 366. The van der Waals surface area contributed by atoms with Crippen molar-refractivity contribution in [2.75, 3.05) is 20.6 Å². The molecule has 0 aliphatic carbocycles. The molecule has 2 atom stereocenters. The highest BCUT2D eigenvalue weighted by Crippen LogP contribution is 2.15. The number of nitrogens with zero attached hydrogens (tertiary/aromatic N) is 1. The van der Waals surface area contributed by atoms with Crippen LogP contribution < -0.4 is 5.32 Å². The first-order chi connectivity index (χ1) is 7.91. The quantitative estimate of drug-likeness (QED) is 0.853. The molecule has 17 heavy (non-hydrogen) atoms. The smallest absolute Gasteiger partial charge is 0.159 e. The van der Waals surface area contributed by atoms with Crippen molar-refractivity contribution in [3.8, 4) is 0 Å². The molecule has 1 rings (SSSR count). The van der Waals surface area contributed by atoms with Crippen molar-refractivity contribution in [2.24, 2.45) is 0 Å². The lowest BCUT2D eigenvalue weighted by molar-refractivity contribution is 0.295. The minimum Gasteiger partial charge on any atom is -0.309 e. The number of hydrogen-bond acceptors (Lipinski definition) is 2. The Balaban J connectivity index is 2.58. The van der Waals surface area contributed by atoms with Crippen molar-refractivity contribution in [3.63, 3.8) is 0 Å². The van der Waals surface area contributed by atoms with E-state index in [1.54, 1.807) is 6.07 Å². The lowest BCUT2D eigenvalue weighted by Gasteiger charge is -2.23. The maximum Gasteiger partial charge on any atom is 0.159 e. The average Bonchev–Trinajstić information content (AvgIpc) is 2.28. The van der Waals surface area contributed by atoms with Crippen molar-refractivity contribution < 1.29 is 8.78 Å². The van der Waals surface area contributed by atoms with Crippen LogP contribution in [-0.2, 0) is 0 Å². The van der Waals surface area contributed by atoms with Crippen molar-refractivity contribution >= 4 is 0 Å². The molecule has 0 spiro atoms. The largest absolute Gasteiger partial charge is 0.309 e.